The molecule has 28 heavy (non-hydrogen) atoms. The number of hydrogen-bond donors (Lipinski definition) is 1. The van der Waals surface area contributed by atoms with E-state index in [9.17, 15) is 0 Å². The second kappa shape index (κ2) is 6.71. The highest BCUT2D eigenvalue weighted by Gasteiger charge is 2.28. The van der Waals surface area contributed by atoms with Crippen LogP contribution in [0.3, 0.4) is 0 Å². The van der Waals surface area contributed by atoms with Gasteiger partial charge in [0.2, 0.25) is 0 Å². The zero-order valence-corrected chi connectivity index (χ0v) is 16.9. The first-order valence-electron chi connectivity index (χ1n) is 9.81. The number of imidazole rings is 1. The topological polar surface area (TPSA) is 83.2 Å². The molecule has 142 valence electrons. The van der Waals surface area contributed by atoms with Crippen LogP contribution in [0, 0.1) is 31.1 Å². The van der Waals surface area contributed by atoms with Crippen LogP contribution in [-0.2, 0) is 0 Å². The molecule has 0 aromatic carbocycles. The molecule has 0 spiro atoms. The van der Waals surface area contributed by atoms with Gasteiger partial charge in [-0.25, -0.2) is 15.0 Å². The first kappa shape index (κ1) is 17.4. The van der Waals surface area contributed by atoms with E-state index in [-0.39, 0.29) is 0 Å². The first-order chi connectivity index (χ1) is 13.7. The molecule has 0 amide bonds. The second-order valence-corrected chi connectivity index (χ2v) is 8.92. The van der Waals surface area contributed by atoms with E-state index >= 15 is 0 Å². The third kappa shape index (κ3) is 2.71. The minimum absolute atomic E-state index is 0.386. The SMILES string of the molecule is Cc1nc(C)c(-c2nc3cnc4[nH]ccc4c3n2C2CCC(CC#N)CC2)s1. The predicted molar refractivity (Wildman–Crippen MR) is 111 cm³/mol. The Kier molecular flexibility index (Phi) is 4.17. The van der Waals surface area contributed by atoms with Crippen LogP contribution in [-0.4, -0.2) is 24.5 Å². The Labute approximate surface area is 167 Å². The van der Waals surface area contributed by atoms with Gasteiger partial charge in [0.15, 0.2) is 5.82 Å². The van der Waals surface area contributed by atoms with Crippen LogP contribution in [0.15, 0.2) is 18.5 Å². The van der Waals surface area contributed by atoms with Gasteiger partial charge in [-0.3, -0.25) is 0 Å². The van der Waals surface area contributed by atoms with E-state index in [0.29, 0.717) is 18.4 Å². The van der Waals surface area contributed by atoms with Crippen molar-refractivity contribution in [2.24, 2.45) is 5.92 Å². The van der Waals surface area contributed by atoms with Crippen molar-refractivity contribution in [1.82, 2.24) is 24.5 Å². The minimum Gasteiger partial charge on any atom is -0.346 e. The van der Waals surface area contributed by atoms with Crippen LogP contribution in [0.2, 0.25) is 0 Å². The summed E-state index contributed by atoms with van der Waals surface area (Å²) in [4.78, 5) is 18.6. The van der Waals surface area contributed by atoms with Crippen LogP contribution >= 0.6 is 11.3 Å². The van der Waals surface area contributed by atoms with E-state index in [4.69, 9.17) is 10.2 Å². The number of nitriles is 1. The lowest BCUT2D eigenvalue weighted by Gasteiger charge is -2.29. The Hall–Kier alpha value is -2.72. The molecule has 7 heteroatoms. The zero-order valence-electron chi connectivity index (χ0n) is 16.1. The van der Waals surface area contributed by atoms with E-state index in [1.165, 1.54) is 0 Å². The van der Waals surface area contributed by atoms with Crippen LogP contribution in [0.4, 0.5) is 0 Å². The minimum atomic E-state index is 0.386. The lowest BCUT2D eigenvalue weighted by Crippen LogP contribution is -2.19. The number of nitrogens with one attached hydrogen (secondary N) is 1. The summed E-state index contributed by atoms with van der Waals surface area (Å²) < 4.78 is 2.44. The largest absolute Gasteiger partial charge is 0.346 e. The fourth-order valence-electron chi connectivity index (χ4n) is 4.58. The van der Waals surface area contributed by atoms with Crippen molar-refractivity contribution in [3.05, 3.63) is 29.2 Å². The highest BCUT2D eigenvalue weighted by Crippen LogP contribution is 2.41. The van der Waals surface area contributed by atoms with Crippen LogP contribution < -0.4 is 0 Å². The van der Waals surface area contributed by atoms with Gasteiger partial charge < -0.3 is 9.55 Å². The summed E-state index contributed by atoms with van der Waals surface area (Å²) in [7, 11) is 0. The molecule has 1 aliphatic carbocycles. The molecule has 5 rings (SSSR count). The van der Waals surface area contributed by atoms with Crippen molar-refractivity contribution in [3.8, 4) is 16.8 Å². The van der Waals surface area contributed by atoms with E-state index in [1.807, 2.05) is 19.3 Å². The van der Waals surface area contributed by atoms with Crippen molar-refractivity contribution < 1.29 is 0 Å². The summed E-state index contributed by atoms with van der Waals surface area (Å²) >= 11 is 1.71. The molecular formula is C21H22N6S. The molecule has 0 unspecified atom stereocenters. The maximum absolute atomic E-state index is 9.05. The van der Waals surface area contributed by atoms with Crippen molar-refractivity contribution in [2.75, 3.05) is 0 Å². The molecule has 0 atom stereocenters. The molecule has 0 saturated heterocycles. The Morgan fingerprint density at radius 3 is 2.79 bits per heavy atom. The summed E-state index contributed by atoms with van der Waals surface area (Å²) in [5, 5.41) is 11.2. The summed E-state index contributed by atoms with van der Waals surface area (Å²) in [5.74, 6) is 1.54. The molecule has 0 bridgehead atoms. The van der Waals surface area contributed by atoms with Gasteiger partial charge in [0, 0.05) is 24.0 Å². The van der Waals surface area contributed by atoms with Crippen molar-refractivity contribution in [3.63, 3.8) is 0 Å². The summed E-state index contributed by atoms with van der Waals surface area (Å²) in [6, 6.07) is 4.83. The molecule has 0 aliphatic heterocycles. The maximum atomic E-state index is 9.05. The first-order valence-corrected chi connectivity index (χ1v) is 10.6. The van der Waals surface area contributed by atoms with Gasteiger partial charge >= 0.3 is 0 Å². The number of aromatic nitrogens is 5. The van der Waals surface area contributed by atoms with Crippen LogP contribution in [0.1, 0.15) is 48.8 Å². The number of nitrogens with zero attached hydrogens (tertiary/aromatic N) is 5. The Morgan fingerprint density at radius 1 is 1.25 bits per heavy atom. The third-order valence-electron chi connectivity index (χ3n) is 5.90. The number of aryl methyl sites for hydroxylation is 2. The monoisotopic (exact) mass is 390 g/mol. The Morgan fingerprint density at radius 2 is 2.07 bits per heavy atom. The van der Waals surface area contributed by atoms with Gasteiger partial charge in [0.05, 0.1) is 33.4 Å². The summed E-state index contributed by atoms with van der Waals surface area (Å²) in [6.07, 6.45) is 8.84. The number of fused-ring (bicyclic) bond motifs is 3. The normalized spacial score (nSPS) is 20.0. The standard InChI is InChI=1S/C21H22N6S/c1-12-19(28-13(2)25-12)21-26-17-11-24-20-16(8-10-23-20)18(17)27(21)15-5-3-14(4-6-15)7-9-22/h8,10-11,14-15H,3-7H2,1-2H3,(H,23,24). The Balaban J connectivity index is 1.70. The highest BCUT2D eigenvalue weighted by atomic mass is 32.1. The van der Waals surface area contributed by atoms with Gasteiger partial charge in [-0.05, 0) is 51.5 Å². The fourth-order valence-corrected chi connectivity index (χ4v) is 5.49. The lowest BCUT2D eigenvalue weighted by atomic mass is 9.84. The quantitative estimate of drug-likeness (QED) is 0.515. The molecule has 1 N–H and O–H groups in total. The molecule has 4 heterocycles. The van der Waals surface area contributed by atoms with Crippen LogP contribution in [0.25, 0.3) is 32.8 Å². The van der Waals surface area contributed by atoms with Gasteiger partial charge in [-0.2, -0.15) is 5.26 Å². The predicted octanol–water partition coefficient (Wildman–Crippen LogP) is 5.30. The number of thiazole rings is 1. The summed E-state index contributed by atoms with van der Waals surface area (Å²) in [5.41, 5.74) is 4.04. The molecule has 1 saturated carbocycles. The van der Waals surface area contributed by atoms with Gasteiger partial charge in [0.1, 0.15) is 11.2 Å². The van der Waals surface area contributed by atoms with Gasteiger partial charge in [-0.1, -0.05) is 0 Å². The molecule has 0 radical (unpaired) electrons. The van der Waals surface area contributed by atoms with Gasteiger partial charge in [-0.15, -0.1) is 11.3 Å². The number of pyridine rings is 1. The number of rotatable bonds is 3. The molecule has 1 aliphatic rings. The average molecular weight is 391 g/mol. The molecule has 1 fully saturated rings. The molecule has 4 aromatic rings. The van der Waals surface area contributed by atoms with Crippen molar-refractivity contribution in [1.29, 1.82) is 5.26 Å². The maximum Gasteiger partial charge on any atom is 0.153 e. The Bertz CT molecular complexity index is 1200. The number of hydrogen-bond acceptors (Lipinski definition) is 5. The molecular weight excluding hydrogens is 368 g/mol. The highest BCUT2D eigenvalue weighted by molar-refractivity contribution is 7.15. The van der Waals surface area contributed by atoms with E-state index < -0.39 is 0 Å². The molecule has 4 aromatic heterocycles. The number of aromatic amines is 1. The second-order valence-electron chi connectivity index (χ2n) is 7.72. The average Bonchev–Trinajstić information content (AvgIpc) is 3.38. The van der Waals surface area contributed by atoms with Crippen molar-refractivity contribution >= 4 is 33.4 Å². The summed E-state index contributed by atoms with van der Waals surface area (Å²) in [6.45, 7) is 4.11. The van der Waals surface area contributed by atoms with Crippen molar-refractivity contribution in [2.45, 2.75) is 52.0 Å². The smallest absolute Gasteiger partial charge is 0.153 e. The third-order valence-corrected chi connectivity index (χ3v) is 6.97. The van der Waals surface area contributed by atoms with E-state index in [0.717, 1.165) is 69.2 Å². The van der Waals surface area contributed by atoms with Gasteiger partial charge in [0.25, 0.3) is 0 Å². The number of H-pyrrole nitrogens is 1. The fraction of sp³-hybridized carbons (Fsp3) is 0.429. The molecule has 6 nitrogen and oxygen atoms in total. The van der Waals surface area contributed by atoms with Crippen LogP contribution in [0.5, 0.6) is 0 Å². The van der Waals surface area contributed by atoms with E-state index in [1.54, 1.807) is 11.3 Å². The zero-order chi connectivity index (χ0) is 19.3. The van der Waals surface area contributed by atoms with E-state index in [2.05, 4.69) is 38.6 Å². The lowest BCUT2D eigenvalue weighted by molar-refractivity contribution is 0.283.